The molecule has 0 radical (unpaired) electrons. The lowest BCUT2D eigenvalue weighted by molar-refractivity contribution is 0.101. The summed E-state index contributed by atoms with van der Waals surface area (Å²) < 4.78 is 27.3. The number of nitrogens with one attached hydrogen (secondary N) is 1. The normalized spacial score (nSPS) is 19.8. The van der Waals surface area contributed by atoms with Gasteiger partial charge < -0.3 is 5.32 Å². The van der Waals surface area contributed by atoms with E-state index in [4.69, 9.17) is 0 Å². The first kappa shape index (κ1) is 16.6. The molecule has 1 aliphatic rings. The number of carbonyl (C=O) groups is 1. The van der Waals surface area contributed by atoms with E-state index in [1.807, 2.05) is 24.3 Å². The lowest BCUT2D eigenvalue weighted by Crippen LogP contribution is -2.14. The van der Waals surface area contributed by atoms with Crippen molar-refractivity contribution >= 4 is 11.6 Å². The molecule has 6 heteroatoms. The molecule has 1 aromatic heterocycles. The smallest absolute Gasteiger partial charge is 0.282 e. The maximum absolute atomic E-state index is 13.0. The number of amides is 1. The van der Waals surface area contributed by atoms with E-state index in [2.05, 4.69) is 24.3 Å². The first-order chi connectivity index (χ1) is 11.4. The average Bonchev–Trinajstić information content (AvgIpc) is 3.23. The van der Waals surface area contributed by atoms with Gasteiger partial charge in [0.05, 0.1) is 5.56 Å². The number of aromatic nitrogens is 2. The molecule has 3 rings (SSSR count). The number of aryl methyl sites for hydroxylation is 1. The standard InChI is InChI=1S/C18H21F2N3O/c1-10(2)12-8-13(12)11-6-4-5-7-15(11)21-18(24)14-9-23(3)22-16(14)17(19)20/h4-7,9-10,12-13,17H,8H2,1-3H3,(H,21,24). The molecular formula is C18H21F2N3O. The summed E-state index contributed by atoms with van der Waals surface area (Å²) >= 11 is 0. The predicted molar refractivity (Wildman–Crippen MR) is 88.2 cm³/mol. The number of alkyl halides is 2. The van der Waals surface area contributed by atoms with Gasteiger partial charge in [-0.1, -0.05) is 32.0 Å². The molecule has 4 nitrogen and oxygen atoms in total. The van der Waals surface area contributed by atoms with Gasteiger partial charge in [0.2, 0.25) is 0 Å². The van der Waals surface area contributed by atoms with E-state index >= 15 is 0 Å². The molecule has 0 spiro atoms. The van der Waals surface area contributed by atoms with Crippen LogP contribution in [0.1, 0.15) is 54.2 Å². The average molecular weight is 333 g/mol. The van der Waals surface area contributed by atoms with E-state index in [0.717, 1.165) is 12.0 Å². The zero-order valence-corrected chi connectivity index (χ0v) is 14.0. The summed E-state index contributed by atoms with van der Waals surface area (Å²) in [6, 6.07) is 7.60. The summed E-state index contributed by atoms with van der Waals surface area (Å²) in [5, 5.41) is 6.47. The van der Waals surface area contributed by atoms with Crippen LogP contribution >= 0.6 is 0 Å². The van der Waals surface area contributed by atoms with Crippen molar-refractivity contribution in [1.29, 1.82) is 0 Å². The third kappa shape index (κ3) is 3.18. The summed E-state index contributed by atoms with van der Waals surface area (Å²) in [5.41, 5.74) is 1.20. The van der Waals surface area contributed by atoms with Crippen molar-refractivity contribution in [2.75, 3.05) is 5.32 Å². The van der Waals surface area contributed by atoms with Gasteiger partial charge in [-0.25, -0.2) is 8.78 Å². The number of nitrogens with zero attached hydrogens (tertiary/aromatic N) is 2. The Morgan fingerprint density at radius 2 is 2.04 bits per heavy atom. The molecule has 0 bridgehead atoms. The van der Waals surface area contributed by atoms with Crippen LogP contribution < -0.4 is 5.32 Å². The first-order valence-electron chi connectivity index (χ1n) is 8.10. The van der Waals surface area contributed by atoms with Crippen LogP contribution in [0.2, 0.25) is 0 Å². The molecule has 1 amide bonds. The maximum Gasteiger partial charge on any atom is 0.282 e. The molecule has 2 atom stereocenters. The highest BCUT2D eigenvalue weighted by atomic mass is 19.3. The molecule has 2 aromatic rings. The van der Waals surface area contributed by atoms with Gasteiger partial charge in [-0.3, -0.25) is 9.48 Å². The maximum atomic E-state index is 13.0. The molecule has 1 N–H and O–H groups in total. The fraction of sp³-hybridized carbons (Fsp3) is 0.444. The van der Waals surface area contributed by atoms with E-state index in [0.29, 0.717) is 23.4 Å². The Kier molecular flexibility index (Phi) is 4.39. The van der Waals surface area contributed by atoms with E-state index in [1.54, 1.807) is 0 Å². The van der Waals surface area contributed by atoms with Crippen molar-refractivity contribution in [2.45, 2.75) is 32.6 Å². The van der Waals surface area contributed by atoms with Crippen molar-refractivity contribution in [3.63, 3.8) is 0 Å². The van der Waals surface area contributed by atoms with Crippen LogP contribution in [-0.4, -0.2) is 15.7 Å². The molecule has 1 fully saturated rings. The second-order valence-electron chi connectivity index (χ2n) is 6.69. The second-order valence-corrected chi connectivity index (χ2v) is 6.69. The summed E-state index contributed by atoms with van der Waals surface area (Å²) in [4.78, 5) is 12.5. The van der Waals surface area contributed by atoms with Gasteiger partial charge in [0.25, 0.3) is 12.3 Å². The van der Waals surface area contributed by atoms with Crippen LogP contribution in [-0.2, 0) is 7.05 Å². The van der Waals surface area contributed by atoms with Crippen molar-refractivity contribution in [3.8, 4) is 0 Å². The minimum absolute atomic E-state index is 0.0847. The van der Waals surface area contributed by atoms with Gasteiger partial charge in [0, 0.05) is 18.9 Å². The van der Waals surface area contributed by atoms with E-state index in [-0.39, 0.29) is 5.56 Å². The highest BCUT2D eigenvalue weighted by molar-refractivity contribution is 6.05. The minimum Gasteiger partial charge on any atom is -0.322 e. The highest BCUT2D eigenvalue weighted by Gasteiger charge is 2.41. The zero-order chi connectivity index (χ0) is 17.4. The Labute approximate surface area is 139 Å². The van der Waals surface area contributed by atoms with Crippen molar-refractivity contribution in [2.24, 2.45) is 18.9 Å². The summed E-state index contributed by atoms with van der Waals surface area (Å²) in [7, 11) is 1.52. The Morgan fingerprint density at radius 1 is 1.33 bits per heavy atom. The van der Waals surface area contributed by atoms with E-state index < -0.39 is 18.0 Å². The zero-order valence-electron chi connectivity index (χ0n) is 14.0. The molecule has 24 heavy (non-hydrogen) atoms. The molecular weight excluding hydrogens is 312 g/mol. The van der Waals surface area contributed by atoms with Crippen molar-refractivity contribution < 1.29 is 13.6 Å². The number of para-hydroxylation sites is 1. The third-order valence-corrected chi connectivity index (χ3v) is 4.61. The minimum atomic E-state index is -2.78. The van der Waals surface area contributed by atoms with Crippen molar-refractivity contribution in [3.05, 3.63) is 47.3 Å². The summed E-state index contributed by atoms with van der Waals surface area (Å²) in [5.74, 6) is 1.07. The van der Waals surface area contributed by atoms with Gasteiger partial charge in [-0.2, -0.15) is 5.10 Å². The Hall–Kier alpha value is -2.24. The van der Waals surface area contributed by atoms with Crippen LogP contribution in [0.3, 0.4) is 0 Å². The molecule has 1 heterocycles. The monoisotopic (exact) mass is 333 g/mol. The predicted octanol–water partition coefficient (Wildman–Crippen LogP) is 4.37. The lowest BCUT2D eigenvalue weighted by Gasteiger charge is -2.12. The first-order valence-corrected chi connectivity index (χ1v) is 8.10. The third-order valence-electron chi connectivity index (χ3n) is 4.61. The topological polar surface area (TPSA) is 46.9 Å². The molecule has 1 saturated carbocycles. The second kappa shape index (κ2) is 6.34. The fourth-order valence-electron chi connectivity index (χ4n) is 3.27. The summed E-state index contributed by atoms with van der Waals surface area (Å²) in [6.45, 7) is 4.38. The number of benzene rings is 1. The summed E-state index contributed by atoms with van der Waals surface area (Å²) in [6.07, 6.45) is -0.358. The Balaban J connectivity index is 1.84. The van der Waals surface area contributed by atoms with E-state index in [9.17, 15) is 13.6 Å². The molecule has 0 aliphatic heterocycles. The molecule has 0 saturated heterocycles. The number of hydrogen-bond donors (Lipinski definition) is 1. The quantitative estimate of drug-likeness (QED) is 0.883. The van der Waals surface area contributed by atoms with Gasteiger partial charge in [0.1, 0.15) is 5.69 Å². The SMILES string of the molecule is CC(C)C1CC1c1ccccc1NC(=O)c1cn(C)nc1C(F)F. The van der Waals surface area contributed by atoms with Gasteiger partial charge in [0.15, 0.2) is 0 Å². The molecule has 2 unspecified atom stereocenters. The van der Waals surface area contributed by atoms with Gasteiger partial charge in [-0.15, -0.1) is 0 Å². The molecule has 1 aliphatic carbocycles. The lowest BCUT2D eigenvalue weighted by atomic mass is 10.0. The van der Waals surface area contributed by atoms with Crippen LogP contribution in [0.25, 0.3) is 0 Å². The number of halogens is 2. The highest BCUT2D eigenvalue weighted by Crippen LogP contribution is 2.53. The fourth-order valence-corrected chi connectivity index (χ4v) is 3.27. The number of carbonyl (C=O) groups excluding carboxylic acids is 1. The molecule has 1 aromatic carbocycles. The largest absolute Gasteiger partial charge is 0.322 e. The van der Waals surface area contributed by atoms with Crippen LogP contribution in [0.4, 0.5) is 14.5 Å². The van der Waals surface area contributed by atoms with Gasteiger partial charge >= 0.3 is 0 Å². The number of hydrogen-bond acceptors (Lipinski definition) is 2. The number of rotatable bonds is 5. The van der Waals surface area contributed by atoms with Crippen LogP contribution in [0.15, 0.2) is 30.5 Å². The molecule has 128 valence electrons. The van der Waals surface area contributed by atoms with Crippen LogP contribution in [0.5, 0.6) is 0 Å². The van der Waals surface area contributed by atoms with Crippen molar-refractivity contribution in [1.82, 2.24) is 9.78 Å². The Bertz CT molecular complexity index is 754. The number of anilines is 1. The van der Waals surface area contributed by atoms with E-state index in [1.165, 1.54) is 17.9 Å². The van der Waals surface area contributed by atoms with Crippen LogP contribution in [0, 0.1) is 11.8 Å². The van der Waals surface area contributed by atoms with Gasteiger partial charge in [-0.05, 0) is 35.8 Å². The Morgan fingerprint density at radius 3 is 2.67 bits per heavy atom.